The average Bonchev–Trinajstić information content (AvgIpc) is 2.54. The third-order valence-corrected chi connectivity index (χ3v) is 5.75. The zero-order chi connectivity index (χ0) is 18.0. The summed E-state index contributed by atoms with van der Waals surface area (Å²) in [5.41, 5.74) is 3.72. The third-order valence-electron chi connectivity index (χ3n) is 5.75. The molecule has 3 nitrogen and oxygen atoms in total. The molecule has 0 unspecified atom stereocenters. The molecule has 138 valence electrons. The number of allylic oxidation sites excluding steroid dienone is 2. The summed E-state index contributed by atoms with van der Waals surface area (Å²) in [6, 6.07) is 4.37. The number of aryl methyl sites for hydroxylation is 1. The lowest BCUT2D eigenvalue weighted by molar-refractivity contribution is -0.179. The fraction of sp³-hybridized carbons (Fsp3) is 0.636. The maximum atomic E-state index is 6.49. The molecule has 0 aromatic heterocycles. The fourth-order valence-corrected chi connectivity index (χ4v) is 4.44. The van der Waals surface area contributed by atoms with E-state index < -0.39 is 0 Å². The van der Waals surface area contributed by atoms with Crippen LogP contribution in [0.25, 0.3) is 0 Å². The van der Waals surface area contributed by atoms with Crippen molar-refractivity contribution >= 4 is 0 Å². The number of unbranched alkanes of at least 4 members (excludes halogenated alkanes) is 2. The second-order valence-electron chi connectivity index (χ2n) is 8.10. The summed E-state index contributed by atoms with van der Waals surface area (Å²) in [6.45, 7) is 8.91. The summed E-state index contributed by atoms with van der Waals surface area (Å²) in [6.07, 6.45) is 9.43. The average molecular weight is 344 g/mol. The molecular weight excluding hydrogens is 312 g/mol. The van der Waals surface area contributed by atoms with Crippen LogP contribution in [0, 0.1) is 5.92 Å². The van der Waals surface area contributed by atoms with Gasteiger partial charge in [-0.15, -0.1) is 0 Å². The van der Waals surface area contributed by atoms with Gasteiger partial charge in [-0.2, -0.15) is 4.89 Å². The lowest BCUT2D eigenvalue weighted by Gasteiger charge is -2.46. The van der Waals surface area contributed by atoms with E-state index in [4.69, 9.17) is 14.5 Å². The smallest absolute Gasteiger partial charge is 0.173 e. The van der Waals surface area contributed by atoms with Crippen LogP contribution in [0.3, 0.4) is 0 Å². The molecule has 0 saturated heterocycles. The third kappa shape index (κ3) is 3.72. The first-order valence-electron chi connectivity index (χ1n) is 9.70. The maximum Gasteiger partial charge on any atom is 0.173 e. The minimum atomic E-state index is -0.165. The van der Waals surface area contributed by atoms with Gasteiger partial charge in [0, 0.05) is 17.4 Å². The molecule has 1 heterocycles. The monoisotopic (exact) mass is 344 g/mol. The van der Waals surface area contributed by atoms with Gasteiger partial charge in [0.25, 0.3) is 0 Å². The van der Waals surface area contributed by atoms with Crippen molar-refractivity contribution in [3.63, 3.8) is 0 Å². The van der Waals surface area contributed by atoms with Gasteiger partial charge < -0.3 is 9.62 Å². The number of hydrogen-bond acceptors (Lipinski definition) is 3. The van der Waals surface area contributed by atoms with Crippen LogP contribution in [-0.2, 0) is 11.3 Å². The number of benzene rings is 1. The van der Waals surface area contributed by atoms with Crippen LogP contribution in [0.2, 0.25) is 0 Å². The van der Waals surface area contributed by atoms with Crippen LogP contribution >= 0.6 is 0 Å². The van der Waals surface area contributed by atoms with Crippen molar-refractivity contribution in [2.45, 2.75) is 77.7 Å². The summed E-state index contributed by atoms with van der Waals surface area (Å²) in [4.78, 5) is 10.7. The zero-order valence-electron chi connectivity index (χ0n) is 16.4. The van der Waals surface area contributed by atoms with Crippen molar-refractivity contribution in [3.8, 4) is 11.5 Å². The Kier molecular flexibility index (Phi) is 5.43. The Morgan fingerprint density at radius 3 is 2.76 bits per heavy atom. The molecule has 0 spiro atoms. The van der Waals surface area contributed by atoms with E-state index in [1.54, 1.807) is 7.11 Å². The highest BCUT2D eigenvalue weighted by Gasteiger charge is 2.45. The fourth-order valence-electron chi connectivity index (χ4n) is 4.44. The lowest BCUT2D eigenvalue weighted by Crippen LogP contribution is -2.45. The lowest BCUT2D eigenvalue weighted by atomic mass is 9.68. The minimum Gasteiger partial charge on any atom is -0.487 e. The molecule has 0 radical (unpaired) electrons. The SMILES string of the molecule is CCCCCc1cc(OOC)c2c(c1)OC(C)(C)[C@@H]1CCC(C)=C[C@@H]21. The van der Waals surface area contributed by atoms with Gasteiger partial charge in [0.15, 0.2) is 5.75 Å². The van der Waals surface area contributed by atoms with Gasteiger partial charge in [-0.25, -0.2) is 0 Å². The van der Waals surface area contributed by atoms with Crippen molar-refractivity contribution in [2.75, 3.05) is 7.11 Å². The van der Waals surface area contributed by atoms with Crippen molar-refractivity contribution < 1.29 is 14.5 Å². The maximum absolute atomic E-state index is 6.49. The first-order chi connectivity index (χ1) is 12.0. The molecule has 3 rings (SSSR count). The van der Waals surface area contributed by atoms with Gasteiger partial charge in [0.2, 0.25) is 0 Å². The molecule has 25 heavy (non-hydrogen) atoms. The van der Waals surface area contributed by atoms with Gasteiger partial charge in [0.1, 0.15) is 11.4 Å². The van der Waals surface area contributed by atoms with E-state index in [2.05, 4.69) is 45.9 Å². The minimum absolute atomic E-state index is 0.165. The summed E-state index contributed by atoms with van der Waals surface area (Å²) in [7, 11) is 1.57. The Bertz CT molecular complexity index is 645. The van der Waals surface area contributed by atoms with Gasteiger partial charge in [-0.1, -0.05) is 31.4 Å². The van der Waals surface area contributed by atoms with Crippen LogP contribution in [0.15, 0.2) is 23.8 Å². The molecule has 0 bridgehead atoms. The highest BCUT2D eigenvalue weighted by Crippen LogP contribution is 2.53. The second kappa shape index (κ2) is 7.41. The van der Waals surface area contributed by atoms with E-state index in [-0.39, 0.29) is 5.60 Å². The van der Waals surface area contributed by atoms with Crippen LogP contribution in [-0.4, -0.2) is 12.7 Å². The van der Waals surface area contributed by atoms with Crippen LogP contribution < -0.4 is 9.62 Å². The molecule has 2 aliphatic rings. The standard InChI is InChI=1S/C22H32O3/c1-6-7-8-9-16-13-19-21(20(14-16)25-23-5)17-12-15(2)10-11-18(17)22(3,4)24-19/h12-14,17-18H,6-11H2,1-5H3/t17-,18-/m1/s1. The van der Waals surface area contributed by atoms with E-state index in [9.17, 15) is 0 Å². The number of hydrogen-bond donors (Lipinski definition) is 0. The largest absolute Gasteiger partial charge is 0.487 e. The normalized spacial score (nSPS) is 24.0. The molecule has 1 aromatic carbocycles. The van der Waals surface area contributed by atoms with Crippen molar-refractivity contribution in [1.29, 1.82) is 0 Å². The number of fused-ring (bicyclic) bond motifs is 3. The molecule has 0 fully saturated rings. The number of rotatable bonds is 6. The highest BCUT2D eigenvalue weighted by atomic mass is 17.2. The van der Waals surface area contributed by atoms with Crippen molar-refractivity contribution in [1.82, 2.24) is 0 Å². The van der Waals surface area contributed by atoms with Crippen LogP contribution in [0.5, 0.6) is 11.5 Å². The molecule has 1 aliphatic heterocycles. The Balaban J connectivity index is 2.04. The van der Waals surface area contributed by atoms with Gasteiger partial charge in [-0.3, -0.25) is 0 Å². The Morgan fingerprint density at radius 2 is 2.04 bits per heavy atom. The van der Waals surface area contributed by atoms with Crippen molar-refractivity contribution in [3.05, 3.63) is 34.9 Å². The predicted octanol–water partition coefficient (Wildman–Crippen LogP) is 5.97. The van der Waals surface area contributed by atoms with E-state index in [1.165, 1.54) is 30.4 Å². The van der Waals surface area contributed by atoms with Gasteiger partial charge in [-0.05, 0) is 64.2 Å². The van der Waals surface area contributed by atoms with Gasteiger partial charge >= 0.3 is 0 Å². The Morgan fingerprint density at radius 1 is 1.24 bits per heavy atom. The topological polar surface area (TPSA) is 27.7 Å². The highest BCUT2D eigenvalue weighted by molar-refractivity contribution is 5.54. The Hall–Kier alpha value is -1.48. The summed E-state index contributed by atoms with van der Waals surface area (Å²) in [5.74, 6) is 2.59. The van der Waals surface area contributed by atoms with E-state index >= 15 is 0 Å². The molecule has 0 N–H and O–H groups in total. The van der Waals surface area contributed by atoms with Crippen molar-refractivity contribution in [2.24, 2.45) is 5.92 Å². The first kappa shape index (κ1) is 18.3. The molecule has 0 amide bonds. The summed E-state index contributed by atoms with van der Waals surface area (Å²) < 4.78 is 6.49. The first-order valence-corrected chi connectivity index (χ1v) is 9.70. The summed E-state index contributed by atoms with van der Waals surface area (Å²) >= 11 is 0. The molecule has 2 atom stereocenters. The van der Waals surface area contributed by atoms with E-state index in [1.807, 2.05) is 0 Å². The molecule has 1 aromatic rings. The number of ether oxygens (including phenoxy) is 1. The van der Waals surface area contributed by atoms with E-state index in [0.717, 1.165) is 36.3 Å². The molecule has 3 heteroatoms. The Labute approximate surface area is 152 Å². The van der Waals surface area contributed by atoms with E-state index in [0.29, 0.717) is 11.8 Å². The second-order valence-corrected chi connectivity index (χ2v) is 8.10. The molecule has 0 saturated carbocycles. The predicted molar refractivity (Wildman–Crippen MR) is 101 cm³/mol. The van der Waals surface area contributed by atoms with Crippen LogP contribution in [0.4, 0.5) is 0 Å². The summed E-state index contributed by atoms with van der Waals surface area (Å²) in [5, 5.41) is 0. The van der Waals surface area contributed by atoms with Crippen LogP contribution in [0.1, 0.15) is 76.8 Å². The molecule has 1 aliphatic carbocycles. The zero-order valence-corrected chi connectivity index (χ0v) is 16.4. The quantitative estimate of drug-likeness (QED) is 0.275. The van der Waals surface area contributed by atoms with Gasteiger partial charge in [0.05, 0.1) is 7.11 Å². The molecular formula is C22H32O3.